The first kappa shape index (κ1) is 14.9. The number of aliphatic carboxylic acids is 2. The number of carboxylic acids is 2. The highest BCUT2D eigenvalue weighted by atomic mass is 16.4. The van der Waals surface area contributed by atoms with Crippen molar-refractivity contribution in [2.75, 3.05) is 0 Å². The number of hydrogen-bond donors (Lipinski definition) is 2. The number of rotatable bonds is 5. The fraction of sp³-hybridized carbons (Fsp3) is 0.833. The fourth-order valence-corrected chi connectivity index (χ4v) is 2.62. The molecule has 0 spiro atoms. The maximum atomic E-state index is 11.2. The fourth-order valence-electron chi connectivity index (χ4n) is 2.62. The molecule has 0 aliphatic rings. The van der Waals surface area contributed by atoms with E-state index < -0.39 is 17.9 Å². The average molecular weight is 230 g/mol. The maximum absolute atomic E-state index is 11.2. The Hall–Kier alpha value is -1.06. The van der Waals surface area contributed by atoms with Crippen molar-refractivity contribution in [3.05, 3.63) is 0 Å². The van der Waals surface area contributed by atoms with Crippen LogP contribution in [-0.4, -0.2) is 22.2 Å². The van der Waals surface area contributed by atoms with Crippen LogP contribution < -0.4 is 0 Å². The summed E-state index contributed by atoms with van der Waals surface area (Å²) in [6.07, 6.45) is -0.310. The SMILES string of the molecule is CC(C)C([C@@H](CC(=O)O)C(=O)O)C(C)(C)C. The Balaban J connectivity index is 5.11. The minimum absolute atomic E-state index is 0.139. The van der Waals surface area contributed by atoms with E-state index in [9.17, 15) is 9.59 Å². The van der Waals surface area contributed by atoms with E-state index in [4.69, 9.17) is 10.2 Å². The van der Waals surface area contributed by atoms with Crippen LogP contribution in [0.1, 0.15) is 41.0 Å². The second-order valence-corrected chi connectivity index (χ2v) is 5.68. The van der Waals surface area contributed by atoms with Gasteiger partial charge in [0.2, 0.25) is 0 Å². The summed E-state index contributed by atoms with van der Waals surface area (Å²) in [5.41, 5.74) is -0.216. The molecule has 4 heteroatoms. The van der Waals surface area contributed by atoms with Crippen LogP contribution in [0.25, 0.3) is 0 Å². The van der Waals surface area contributed by atoms with Gasteiger partial charge >= 0.3 is 11.9 Å². The van der Waals surface area contributed by atoms with Gasteiger partial charge in [0.1, 0.15) is 0 Å². The number of carboxylic acid groups (broad SMARTS) is 2. The zero-order valence-corrected chi connectivity index (χ0v) is 10.7. The molecule has 0 aromatic rings. The van der Waals surface area contributed by atoms with Crippen molar-refractivity contribution in [1.82, 2.24) is 0 Å². The Bertz CT molecular complexity index is 263. The molecule has 0 heterocycles. The van der Waals surface area contributed by atoms with Crippen LogP contribution in [0.4, 0.5) is 0 Å². The van der Waals surface area contributed by atoms with Crippen LogP contribution in [0.3, 0.4) is 0 Å². The number of carbonyl (C=O) groups is 2. The van der Waals surface area contributed by atoms with Gasteiger partial charge in [-0.05, 0) is 17.3 Å². The van der Waals surface area contributed by atoms with Gasteiger partial charge in [-0.1, -0.05) is 34.6 Å². The lowest BCUT2D eigenvalue weighted by Crippen LogP contribution is -2.38. The van der Waals surface area contributed by atoms with Crippen molar-refractivity contribution in [3.63, 3.8) is 0 Å². The van der Waals surface area contributed by atoms with Crippen LogP contribution in [0.2, 0.25) is 0 Å². The summed E-state index contributed by atoms with van der Waals surface area (Å²) in [6, 6.07) is 0. The molecule has 0 aliphatic carbocycles. The van der Waals surface area contributed by atoms with Gasteiger partial charge in [0, 0.05) is 0 Å². The topological polar surface area (TPSA) is 74.6 Å². The number of hydrogen-bond acceptors (Lipinski definition) is 2. The van der Waals surface area contributed by atoms with Gasteiger partial charge in [-0.15, -0.1) is 0 Å². The normalized spacial score (nSPS) is 15.9. The molecule has 94 valence electrons. The molecule has 2 N–H and O–H groups in total. The Kier molecular flexibility index (Phi) is 4.97. The molecular formula is C12H22O4. The smallest absolute Gasteiger partial charge is 0.307 e. The van der Waals surface area contributed by atoms with Gasteiger partial charge in [0.25, 0.3) is 0 Å². The van der Waals surface area contributed by atoms with E-state index >= 15 is 0 Å². The Labute approximate surface area is 96.7 Å². The first-order valence-electron chi connectivity index (χ1n) is 5.52. The standard InChI is InChI=1S/C12H22O4/c1-7(2)10(12(3,4)5)8(11(15)16)6-9(13)14/h7-8,10H,6H2,1-5H3,(H,13,14)(H,15,16)/t8-,10?/m1/s1. The van der Waals surface area contributed by atoms with Crippen molar-refractivity contribution < 1.29 is 19.8 Å². The summed E-state index contributed by atoms with van der Waals surface area (Å²) >= 11 is 0. The maximum Gasteiger partial charge on any atom is 0.307 e. The van der Waals surface area contributed by atoms with E-state index in [2.05, 4.69) is 0 Å². The molecule has 0 bridgehead atoms. The van der Waals surface area contributed by atoms with Gasteiger partial charge in [-0.3, -0.25) is 9.59 Å². The Morgan fingerprint density at radius 2 is 1.56 bits per heavy atom. The van der Waals surface area contributed by atoms with E-state index in [1.54, 1.807) is 0 Å². The summed E-state index contributed by atoms with van der Waals surface area (Å²) in [4.78, 5) is 21.9. The molecule has 1 unspecified atom stereocenters. The highest BCUT2D eigenvalue weighted by molar-refractivity contribution is 5.78. The van der Waals surface area contributed by atoms with E-state index in [0.29, 0.717) is 0 Å². The van der Waals surface area contributed by atoms with Gasteiger partial charge in [-0.2, -0.15) is 0 Å². The first-order chi connectivity index (χ1) is 7.07. The van der Waals surface area contributed by atoms with Gasteiger partial charge in [0.15, 0.2) is 0 Å². The third-order valence-electron chi connectivity index (χ3n) is 2.86. The zero-order valence-electron chi connectivity index (χ0n) is 10.7. The highest BCUT2D eigenvalue weighted by Crippen LogP contribution is 2.39. The van der Waals surface area contributed by atoms with Crippen molar-refractivity contribution in [2.45, 2.75) is 41.0 Å². The molecule has 4 nitrogen and oxygen atoms in total. The molecule has 16 heavy (non-hydrogen) atoms. The van der Waals surface area contributed by atoms with Gasteiger partial charge in [0.05, 0.1) is 12.3 Å². The predicted octanol–water partition coefficient (Wildman–Crippen LogP) is 2.48. The van der Waals surface area contributed by atoms with E-state index in [1.165, 1.54) is 0 Å². The van der Waals surface area contributed by atoms with E-state index in [0.717, 1.165) is 0 Å². The zero-order chi connectivity index (χ0) is 13.1. The summed E-state index contributed by atoms with van der Waals surface area (Å²) in [5, 5.41) is 17.9. The predicted molar refractivity (Wildman–Crippen MR) is 61.2 cm³/mol. The summed E-state index contributed by atoms with van der Waals surface area (Å²) in [7, 11) is 0. The highest BCUT2D eigenvalue weighted by Gasteiger charge is 2.39. The second kappa shape index (κ2) is 5.32. The van der Waals surface area contributed by atoms with Crippen molar-refractivity contribution >= 4 is 11.9 Å². The van der Waals surface area contributed by atoms with Crippen molar-refractivity contribution in [3.8, 4) is 0 Å². The monoisotopic (exact) mass is 230 g/mol. The van der Waals surface area contributed by atoms with Gasteiger partial charge in [-0.25, -0.2) is 0 Å². The lowest BCUT2D eigenvalue weighted by Gasteiger charge is -2.37. The molecule has 0 aromatic heterocycles. The molecule has 0 radical (unpaired) electrons. The van der Waals surface area contributed by atoms with Gasteiger partial charge < -0.3 is 10.2 Å². The average Bonchev–Trinajstić information content (AvgIpc) is 1.97. The Morgan fingerprint density at radius 1 is 1.12 bits per heavy atom. The summed E-state index contributed by atoms with van der Waals surface area (Å²) < 4.78 is 0. The summed E-state index contributed by atoms with van der Waals surface area (Å²) in [6.45, 7) is 9.74. The lowest BCUT2D eigenvalue weighted by atomic mass is 9.66. The molecule has 0 aromatic carbocycles. The molecule has 0 fully saturated rings. The first-order valence-corrected chi connectivity index (χ1v) is 5.52. The van der Waals surface area contributed by atoms with Crippen molar-refractivity contribution in [2.24, 2.45) is 23.2 Å². The van der Waals surface area contributed by atoms with E-state index in [-0.39, 0.29) is 23.7 Å². The molecule has 0 amide bonds. The molecular weight excluding hydrogens is 208 g/mol. The van der Waals surface area contributed by atoms with Crippen LogP contribution in [0.15, 0.2) is 0 Å². The van der Waals surface area contributed by atoms with Crippen LogP contribution in [0.5, 0.6) is 0 Å². The second-order valence-electron chi connectivity index (χ2n) is 5.68. The Morgan fingerprint density at radius 3 is 1.75 bits per heavy atom. The quantitative estimate of drug-likeness (QED) is 0.760. The third kappa shape index (κ3) is 4.21. The van der Waals surface area contributed by atoms with E-state index in [1.807, 2.05) is 34.6 Å². The van der Waals surface area contributed by atoms with Crippen LogP contribution >= 0.6 is 0 Å². The molecule has 0 rings (SSSR count). The summed E-state index contributed by atoms with van der Waals surface area (Å²) in [5.74, 6) is -2.91. The third-order valence-corrected chi connectivity index (χ3v) is 2.86. The molecule has 2 atom stereocenters. The van der Waals surface area contributed by atoms with Crippen LogP contribution in [0, 0.1) is 23.2 Å². The lowest BCUT2D eigenvalue weighted by molar-refractivity contribution is -0.153. The minimum atomic E-state index is -1.05. The largest absolute Gasteiger partial charge is 0.481 e. The minimum Gasteiger partial charge on any atom is -0.481 e. The molecule has 0 saturated heterocycles. The van der Waals surface area contributed by atoms with Crippen molar-refractivity contribution in [1.29, 1.82) is 0 Å². The van der Waals surface area contributed by atoms with Crippen LogP contribution in [-0.2, 0) is 9.59 Å². The molecule has 0 aliphatic heterocycles. The molecule has 0 saturated carbocycles.